The third kappa shape index (κ3) is 14.2. The number of piperidine rings is 1. The third-order valence-electron chi connectivity index (χ3n) is 18.7. The first-order chi connectivity index (χ1) is 43.9. The van der Waals surface area contributed by atoms with Crippen LogP contribution in [0, 0.1) is 25.2 Å². The first kappa shape index (κ1) is 63.0. The van der Waals surface area contributed by atoms with Crippen LogP contribution >= 0.6 is 22.7 Å². The zero-order chi connectivity index (χ0) is 63.5. The first-order valence-electron chi connectivity index (χ1n) is 32.2. The number of unbranched alkanes of at least 4 members (excludes halogenated alkanes) is 1. The number of benzene rings is 3. The largest absolute Gasteiger partial charge is 0.391 e. The molecular formula is C69H81N13O7S2. The molecule has 1 saturated carbocycles. The summed E-state index contributed by atoms with van der Waals surface area (Å²) in [6.07, 6.45) is 11.0. The van der Waals surface area contributed by atoms with E-state index in [0.29, 0.717) is 91.7 Å². The quantitative estimate of drug-likeness (QED) is 0.0550. The van der Waals surface area contributed by atoms with Gasteiger partial charge in [0.05, 0.1) is 44.6 Å². The number of fused-ring (bicyclic) bond motifs is 2. The second-order valence-electron chi connectivity index (χ2n) is 26.2. The van der Waals surface area contributed by atoms with E-state index in [1.807, 2.05) is 124 Å². The number of hydrogen-bond donors (Lipinski definition) is 4. The van der Waals surface area contributed by atoms with E-state index in [4.69, 9.17) is 19.6 Å². The number of nitrogens with zero attached hydrogens (tertiary/aromatic N) is 10. The number of carbonyl (C=O) groups is 5. The summed E-state index contributed by atoms with van der Waals surface area (Å²) in [5, 5.41) is 29.8. The normalized spacial score (nSPS) is 18.7. The van der Waals surface area contributed by atoms with Gasteiger partial charge in [0.15, 0.2) is 11.0 Å². The van der Waals surface area contributed by atoms with Gasteiger partial charge in [-0.25, -0.2) is 15.0 Å². The van der Waals surface area contributed by atoms with E-state index < -0.39 is 29.5 Å². The van der Waals surface area contributed by atoms with Gasteiger partial charge in [0.2, 0.25) is 23.6 Å². The maximum Gasteiger partial charge on any atom is 0.273 e. The van der Waals surface area contributed by atoms with Crippen LogP contribution in [-0.2, 0) is 40.3 Å². The van der Waals surface area contributed by atoms with E-state index in [2.05, 4.69) is 53.6 Å². The molecule has 22 heteroatoms. The van der Waals surface area contributed by atoms with Crippen LogP contribution in [-0.4, -0.2) is 124 Å². The number of amides is 5. The molecule has 0 radical (unpaired) electrons. The first-order valence-corrected chi connectivity index (χ1v) is 33.9. The van der Waals surface area contributed by atoms with Crippen LogP contribution in [0.15, 0.2) is 95.1 Å². The number of pyridine rings is 1. The maximum absolute atomic E-state index is 15.3. The molecule has 2 saturated heterocycles. The molecule has 4 N–H and O–H groups in total. The third-order valence-corrected chi connectivity index (χ3v) is 20.6. The molecule has 5 atom stereocenters. The molecule has 3 aliphatic heterocycles. The fraction of sp³-hybridized carbons (Fsp3) is 0.464. The van der Waals surface area contributed by atoms with Crippen molar-refractivity contribution in [2.24, 2.45) is 11.3 Å². The Balaban J connectivity index is 0.681. The predicted molar refractivity (Wildman–Crippen MR) is 352 cm³/mol. The summed E-state index contributed by atoms with van der Waals surface area (Å²) in [5.41, 5.74) is 10.4. The maximum atomic E-state index is 15.3. The van der Waals surface area contributed by atoms with Gasteiger partial charge in [0, 0.05) is 86.8 Å². The molecule has 91 heavy (non-hydrogen) atoms. The van der Waals surface area contributed by atoms with E-state index in [0.717, 1.165) is 79.2 Å². The summed E-state index contributed by atoms with van der Waals surface area (Å²) in [6.45, 7) is 14.3. The molecule has 1 unspecified atom stereocenters. The molecule has 8 aromatic rings. The number of aliphatic hydroxyl groups is 1. The Kier molecular flexibility index (Phi) is 18.9. The Morgan fingerprint density at radius 3 is 2.44 bits per heavy atom. The highest BCUT2D eigenvalue weighted by atomic mass is 32.1. The monoisotopic (exact) mass is 1270 g/mol. The number of aliphatic hydroxyl groups excluding tert-OH is 1. The Morgan fingerprint density at radius 2 is 1.66 bits per heavy atom. The molecular weight excluding hydrogens is 1190 g/mol. The Hall–Kier alpha value is -8.21. The van der Waals surface area contributed by atoms with Crippen molar-refractivity contribution >= 4 is 73.4 Å². The van der Waals surface area contributed by atoms with Crippen LogP contribution in [0.5, 0.6) is 0 Å². The Bertz CT molecular complexity index is 3920. The molecule has 5 amide bonds. The van der Waals surface area contributed by atoms with Crippen LogP contribution in [0.1, 0.15) is 171 Å². The minimum Gasteiger partial charge on any atom is -0.391 e. The zero-order valence-corrected chi connectivity index (χ0v) is 54.4. The summed E-state index contributed by atoms with van der Waals surface area (Å²) in [7, 11) is 0. The van der Waals surface area contributed by atoms with Crippen molar-refractivity contribution in [2.75, 3.05) is 36.4 Å². The average Bonchev–Trinajstić information content (AvgIpc) is 1.73. The molecule has 3 aromatic carbocycles. The van der Waals surface area contributed by atoms with Gasteiger partial charge < -0.3 is 35.0 Å². The SMILES string of the molecule is Cc1ncsc1-c1ccc([C@H](C)NC(=O)[C@@H]2C[C@@H](O)CN2C(=O)[C@@H](NC(=O)CCCCc2nc(C3CCCN(C(=O)c4nc(N5CCc6cccc(C(=O)Nc7nc8ccccc8s7)c6C5)ccc4-c4cnn(CC5CCCCC5)c4C)C3)no2)C(C)(C)C)cc1. The predicted octanol–water partition coefficient (Wildman–Crippen LogP) is 11.2. The number of para-hydroxylation sites is 1. The lowest BCUT2D eigenvalue weighted by atomic mass is 9.85. The number of nitrogens with one attached hydrogen (secondary N) is 3. The Morgan fingerprint density at radius 1 is 0.846 bits per heavy atom. The highest BCUT2D eigenvalue weighted by Gasteiger charge is 2.45. The summed E-state index contributed by atoms with van der Waals surface area (Å²) in [6, 6.07) is 23.4. The number of carbonyl (C=O) groups excluding carboxylic acids is 5. The topological polar surface area (TPSA) is 247 Å². The van der Waals surface area contributed by atoms with Gasteiger partial charge in [0.1, 0.15) is 23.6 Å². The van der Waals surface area contributed by atoms with Crippen molar-refractivity contribution in [1.82, 2.24) is 55.3 Å². The minimum absolute atomic E-state index is 0.0222. The lowest BCUT2D eigenvalue weighted by molar-refractivity contribution is -0.144. The molecule has 476 valence electrons. The van der Waals surface area contributed by atoms with E-state index in [1.54, 1.807) is 11.3 Å². The number of aryl methyl sites for hydroxylation is 2. The second kappa shape index (κ2) is 27.3. The molecule has 4 aliphatic rings. The molecule has 0 spiro atoms. The van der Waals surface area contributed by atoms with Gasteiger partial charge in [-0.2, -0.15) is 10.1 Å². The molecule has 5 aromatic heterocycles. The van der Waals surface area contributed by atoms with Gasteiger partial charge >= 0.3 is 0 Å². The molecule has 1 aliphatic carbocycles. The van der Waals surface area contributed by atoms with Gasteiger partial charge in [-0.1, -0.05) is 105 Å². The van der Waals surface area contributed by atoms with E-state index >= 15 is 4.79 Å². The van der Waals surface area contributed by atoms with Gasteiger partial charge in [-0.05, 0) is 130 Å². The van der Waals surface area contributed by atoms with Gasteiger partial charge in [0.25, 0.3) is 11.8 Å². The number of thiazole rings is 2. The highest BCUT2D eigenvalue weighted by molar-refractivity contribution is 7.22. The average molecular weight is 1270 g/mol. The van der Waals surface area contributed by atoms with E-state index in [-0.39, 0.29) is 55.0 Å². The standard InChI is InChI=1S/C69H81N13O7S2/c1-41(45-25-27-47(28-26-45)61-42(2)70-40-90-61)72-65(86)55-34-49(83)38-81(55)67(88)62(69(4,5)6)75-58(84)23-12-13-24-59-76-63(78-89-59)48-19-15-32-80(37-48)66(87)60-50(52-35-71-82(43(52)3)36-44-16-8-7-9-17-44)29-30-57(74-60)79-33-31-46-18-14-20-51(53(46)39-79)64(85)77-68-73-54-21-10-11-22-56(54)91-68/h10-11,14,18,20-22,25-30,35,40-41,44,48-49,55,62,83H,7-9,12-13,15-17,19,23-24,31-34,36-39H2,1-6H3,(H,72,86)(H,75,84)(H,73,77,85)/t41-,48?,49+,55-,62+/m0/s1. The number of aromatic nitrogens is 7. The lowest BCUT2D eigenvalue weighted by Gasteiger charge is -2.35. The molecule has 8 heterocycles. The van der Waals surface area contributed by atoms with Crippen LogP contribution in [0.3, 0.4) is 0 Å². The van der Waals surface area contributed by atoms with Crippen LogP contribution < -0.4 is 20.9 Å². The highest BCUT2D eigenvalue weighted by Crippen LogP contribution is 2.37. The lowest BCUT2D eigenvalue weighted by Crippen LogP contribution is -2.57. The molecule has 20 nitrogen and oxygen atoms in total. The Labute approximate surface area is 538 Å². The summed E-state index contributed by atoms with van der Waals surface area (Å²) >= 11 is 3.02. The zero-order valence-electron chi connectivity index (χ0n) is 52.7. The molecule has 0 bridgehead atoms. The van der Waals surface area contributed by atoms with Crippen molar-refractivity contribution in [3.63, 3.8) is 0 Å². The van der Waals surface area contributed by atoms with Crippen molar-refractivity contribution in [3.05, 3.63) is 142 Å². The number of hydrogen-bond acceptors (Lipinski definition) is 16. The number of rotatable bonds is 19. The van der Waals surface area contributed by atoms with E-state index in [1.165, 1.54) is 48.3 Å². The fourth-order valence-electron chi connectivity index (χ4n) is 13.5. The number of anilines is 2. The van der Waals surface area contributed by atoms with Crippen molar-refractivity contribution < 1.29 is 33.6 Å². The summed E-state index contributed by atoms with van der Waals surface area (Å²) in [4.78, 5) is 96.8. The fourth-order valence-corrected chi connectivity index (χ4v) is 15.1. The van der Waals surface area contributed by atoms with Crippen molar-refractivity contribution in [3.8, 4) is 21.6 Å². The van der Waals surface area contributed by atoms with Crippen LogP contribution in [0.4, 0.5) is 10.9 Å². The molecule has 12 rings (SSSR count). The minimum atomic E-state index is -0.952. The van der Waals surface area contributed by atoms with Crippen LogP contribution in [0.2, 0.25) is 0 Å². The van der Waals surface area contributed by atoms with Gasteiger partial charge in [-0.15, -0.1) is 11.3 Å². The number of likely N-dealkylation sites (tertiary alicyclic amines) is 2. The van der Waals surface area contributed by atoms with Crippen molar-refractivity contribution in [2.45, 2.75) is 168 Å². The smallest absolute Gasteiger partial charge is 0.273 e. The van der Waals surface area contributed by atoms with Crippen molar-refractivity contribution in [1.29, 1.82) is 0 Å². The van der Waals surface area contributed by atoms with Gasteiger partial charge in [-0.3, -0.25) is 34.0 Å². The molecule has 3 fully saturated rings. The number of β-amino-alcohol motifs (C(OH)–C–C–N with tert-alkyl or cyclic N) is 1. The van der Waals surface area contributed by atoms with E-state index in [9.17, 15) is 24.3 Å². The summed E-state index contributed by atoms with van der Waals surface area (Å²) in [5.74, 6) is 0.476. The second-order valence-corrected chi connectivity index (χ2v) is 28.1. The summed E-state index contributed by atoms with van der Waals surface area (Å²) < 4.78 is 8.90. The van der Waals surface area contributed by atoms with Crippen LogP contribution in [0.25, 0.3) is 31.8 Å².